The lowest BCUT2D eigenvalue weighted by Gasteiger charge is -2.34. The second kappa shape index (κ2) is 9.95. The summed E-state index contributed by atoms with van der Waals surface area (Å²) in [7, 11) is -3.69. The van der Waals surface area contributed by atoms with E-state index in [2.05, 4.69) is 33.0 Å². The van der Waals surface area contributed by atoms with Gasteiger partial charge in [-0.25, -0.2) is 8.42 Å². The van der Waals surface area contributed by atoms with Crippen molar-refractivity contribution in [3.63, 3.8) is 0 Å². The van der Waals surface area contributed by atoms with E-state index in [9.17, 15) is 18.0 Å². The summed E-state index contributed by atoms with van der Waals surface area (Å²) in [4.78, 5) is 30.4. The number of carbonyl (C=O) groups is 2. The molecule has 2 aromatic carbocycles. The van der Waals surface area contributed by atoms with Crippen molar-refractivity contribution in [3.8, 4) is 0 Å². The number of rotatable bonds is 6. The number of hydrogen-bond donors (Lipinski definition) is 0. The molecule has 33 heavy (non-hydrogen) atoms. The Labute approximate surface area is 203 Å². The summed E-state index contributed by atoms with van der Waals surface area (Å²) < 4.78 is 26.6. The summed E-state index contributed by atoms with van der Waals surface area (Å²) in [5, 5.41) is 0. The molecule has 0 unspecified atom stereocenters. The molecule has 4 rings (SSSR count). The predicted molar refractivity (Wildman–Crippen MR) is 131 cm³/mol. The summed E-state index contributed by atoms with van der Waals surface area (Å²) in [5.41, 5.74) is 2.83. The van der Waals surface area contributed by atoms with Crippen LogP contribution in [-0.4, -0.2) is 68.5 Å². The summed E-state index contributed by atoms with van der Waals surface area (Å²) in [6.45, 7) is 5.61. The molecule has 176 valence electrons. The molecule has 1 saturated heterocycles. The molecule has 2 heterocycles. The van der Waals surface area contributed by atoms with E-state index < -0.39 is 9.84 Å². The Morgan fingerprint density at radius 3 is 2.36 bits per heavy atom. The van der Waals surface area contributed by atoms with Crippen LogP contribution in [0.1, 0.15) is 24.5 Å². The number of anilines is 1. The van der Waals surface area contributed by atoms with Gasteiger partial charge in [0, 0.05) is 62.8 Å². The van der Waals surface area contributed by atoms with Gasteiger partial charge in [0.25, 0.3) is 0 Å². The first-order valence-corrected chi connectivity index (χ1v) is 13.6. The smallest absolute Gasteiger partial charge is 0.223 e. The van der Waals surface area contributed by atoms with Gasteiger partial charge in [0.05, 0.1) is 10.6 Å². The molecular formula is C24H28BrN3O4S. The highest BCUT2D eigenvalue weighted by atomic mass is 79.9. The monoisotopic (exact) mass is 533 g/mol. The predicted octanol–water partition coefficient (Wildman–Crippen LogP) is 2.87. The van der Waals surface area contributed by atoms with Crippen molar-refractivity contribution in [1.29, 1.82) is 0 Å². The fourth-order valence-corrected chi connectivity index (χ4v) is 6.88. The first kappa shape index (κ1) is 23.9. The molecule has 2 amide bonds. The Kier molecular flexibility index (Phi) is 7.21. The lowest BCUT2D eigenvalue weighted by atomic mass is 10.2. The van der Waals surface area contributed by atoms with Crippen LogP contribution >= 0.6 is 15.9 Å². The number of carbonyl (C=O) groups excluding carboxylic acids is 2. The first-order valence-electron chi connectivity index (χ1n) is 11.1. The quantitative estimate of drug-likeness (QED) is 0.570. The molecule has 7 nitrogen and oxygen atoms in total. The van der Waals surface area contributed by atoms with Crippen molar-refractivity contribution in [2.75, 3.05) is 43.4 Å². The van der Waals surface area contributed by atoms with E-state index in [0.29, 0.717) is 36.2 Å². The molecule has 0 spiro atoms. The van der Waals surface area contributed by atoms with Crippen LogP contribution in [0.5, 0.6) is 0 Å². The molecule has 0 N–H and O–H groups in total. The van der Waals surface area contributed by atoms with Crippen LogP contribution in [-0.2, 0) is 32.4 Å². The van der Waals surface area contributed by atoms with Gasteiger partial charge < -0.3 is 9.80 Å². The number of piperazine rings is 1. The number of benzene rings is 2. The molecule has 0 atom stereocenters. The summed E-state index contributed by atoms with van der Waals surface area (Å²) in [5.74, 6) is -0.505. The van der Waals surface area contributed by atoms with Gasteiger partial charge in [-0.1, -0.05) is 30.3 Å². The van der Waals surface area contributed by atoms with Crippen LogP contribution in [0, 0.1) is 0 Å². The molecular weight excluding hydrogens is 506 g/mol. The highest BCUT2D eigenvalue weighted by Gasteiger charge is 2.29. The van der Waals surface area contributed by atoms with Crippen LogP contribution in [0.15, 0.2) is 51.8 Å². The summed E-state index contributed by atoms with van der Waals surface area (Å²) in [6, 6.07) is 13.6. The van der Waals surface area contributed by atoms with Gasteiger partial charge in [-0.2, -0.15) is 0 Å². The third-order valence-corrected chi connectivity index (χ3v) is 8.97. The number of hydrogen-bond acceptors (Lipinski definition) is 5. The van der Waals surface area contributed by atoms with Gasteiger partial charge in [0.1, 0.15) is 0 Å². The van der Waals surface area contributed by atoms with E-state index in [1.54, 1.807) is 21.9 Å². The molecule has 2 aliphatic heterocycles. The SMILES string of the molecule is CC(=O)N1CCc2cc(Br)c(S(=O)(=O)CCC(=O)N3CCN(Cc4ccccc4)CC3)cc21. The van der Waals surface area contributed by atoms with Crippen LogP contribution in [0.2, 0.25) is 0 Å². The fraction of sp³-hybridized carbons (Fsp3) is 0.417. The maximum absolute atomic E-state index is 13.1. The average molecular weight is 534 g/mol. The van der Waals surface area contributed by atoms with E-state index in [0.717, 1.165) is 25.2 Å². The van der Waals surface area contributed by atoms with Crippen LogP contribution in [0.25, 0.3) is 0 Å². The van der Waals surface area contributed by atoms with Gasteiger partial charge in [0.15, 0.2) is 9.84 Å². The minimum Gasteiger partial charge on any atom is -0.340 e. The zero-order chi connectivity index (χ0) is 23.6. The Bertz CT molecular complexity index is 1150. The lowest BCUT2D eigenvalue weighted by molar-refractivity contribution is -0.132. The molecule has 2 aliphatic rings. The standard InChI is InChI=1S/C24H28BrN3O4S/c1-18(29)28-9-7-20-15-21(25)23(16-22(20)28)33(31,32)14-8-24(30)27-12-10-26(11-13-27)17-19-5-3-2-4-6-19/h2-6,15-16H,7-14,17H2,1H3. The van der Waals surface area contributed by atoms with Gasteiger partial charge >= 0.3 is 0 Å². The maximum atomic E-state index is 13.1. The zero-order valence-corrected chi connectivity index (χ0v) is 21.1. The molecule has 0 aromatic heterocycles. The molecule has 2 aromatic rings. The largest absolute Gasteiger partial charge is 0.340 e. The van der Waals surface area contributed by atoms with Gasteiger partial charge in [-0.15, -0.1) is 0 Å². The molecule has 0 saturated carbocycles. The summed E-state index contributed by atoms with van der Waals surface area (Å²) in [6.07, 6.45) is 0.642. The molecule has 0 aliphatic carbocycles. The number of nitrogens with zero attached hydrogens (tertiary/aromatic N) is 3. The van der Waals surface area contributed by atoms with Crippen molar-refractivity contribution >= 4 is 43.3 Å². The number of fused-ring (bicyclic) bond motifs is 1. The zero-order valence-electron chi connectivity index (χ0n) is 18.7. The van der Waals surface area contributed by atoms with E-state index in [1.807, 2.05) is 18.2 Å². The van der Waals surface area contributed by atoms with Crippen molar-refractivity contribution in [3.05, 3.63) is 58.1 Å². The van der Waals surface area contributed by atoms with Crippen LogP contribution < -0.4 is 4.90 Å². The highest BCUT2D eigenvalue weighted by molar-refractivity contribution is 9.10. The molecule has 1 fully saturated rings. The first-order chi connectivity index (χ1) is 15.7. The van der Waals surface area contributed by atoms with E-state index in [1.165, 1.54) is 12.5 Å². The van der Waals surface area contributed by atoms with E-state index >= 15 is 0 Å². The number of halogens is 1. The van der Waals surface area contributed by atoms with Crippen molar-refractivity contribution in [2.45, 2.75) is 31.2 Å². The molecule has 0 radical (unpaired) electrons. The van der Waals surface area contributed by atoms with Gasteiger partial charge in [-0.05, 0) is 45.6 Å². The number of amides is 2. The minimum atomic E-state index is -3.69. The van der Waals surface area contributed by atoms with Crippen LogP contribution in [0.3, 0.4) is 0 Å². The average Bonchev–Trinajstić information content (AvgIpc) is 3.21. The number of sulfone groups is 1. The Hall–Kier alpha value is -2.23. The Morgan fingerprint density at radius 1 is 1.00 bits per heavy atom. The van der Waals surface area contributed by atoms with Crippen molar-refractivity contribution < 1.29 is 18.0 Å². The van der Waals surface area contributed by atoms with E-state index in [-0.39, 0.29) is 28.9 Å². The molecule has 0 bridgehead atoms. The third-order valence-electron chi connectivity index (χ3n) is 6.30. The van der Waals surface area contributed by atoms with Gasteiger partial charge in [0.2, 0.25) is 11.8 Å². The Morgan fingerprint density at radius 2 is 1.70 bits per heavy atom. The second-order valence-electron chi connectivity index (χ2n) is 8.54. The van der Waals surface area contributed by atoms with Crippen molar-refractivity contribution in [1.82, 2.24) is 9.80 Å². The van der Waals surface area contributed by atoms with Crippen LogP contribution in [0.4, 0.5) is 5.69 Å². The third kappa shape index (κ3) is 5.47. The van der Waals surface area contributed by atoms with Crippen molar-refractivity contribution in [2.24, 2.45) is 0 Å². The Balaban J connectivity index is 1.35. The lowest BCUT2D eigenvalue weighted by Crippen LogP contribution is -2.48. The normalized spacial score (nSPS) is 16.7. The summed E-state index contributed by atoms with van der Waals surface area (Å²) >= 11 is 3.38. The second-order valence-corrected chi connectivity index (χ2v) is 11.5. The van der Waals surface area contributed by atoms with E-state index in [4.69, 9.17) is 0 Å². The minimum absolute atomic E-state index is 0.0546. The molecule has 9 heteroatoms. The topological polar surface area (TPSA) is 78.0 Å². The highest BCUT2D eigenvalue weighted by Crippen LogP contribution is 2.36. The van der Waals surface area contributed by atoms with Gasteiger partial charge in [-0.3, -0.25) is 14.5 Å². The fourth-order valence-electron chi connectivity index (χ4n) is 4.44. The maximum Gasteiger partial charge on any atom is 0.223 e.